The molecule has 2 aliphatic rings. The highest BCUT2D eigenvalue weighted by Gasteiger charge is 2.29. The number of nitrogens with zero attached hydrogens (tertiary/aromatic N) is 7. The summed E-state index contributed by atoms with van der Waals surface area (Å²) in [5, 5.41) is 5.21. The Morgan fingerprint density at radius 2 is 0.905 bits per heavy atom. The van der Waals surface area contributed by atoms with Crippen molar-refractivity contribution in [1.29, 1.82) is 0 Å². The van der Waals surface area contributed by atoms with Gasteiger partial charge in [-0.3, -0.25) is 0 Å². The lowest BCUT2D eigenvalue weighted by molar-refractivity contribution is 0.384. The fourth-order valence-electron chi connectivity index (χ4n) is 6.35. The molecule has 63 heavy (non-hydrogen) atoms. The van der Waals surface area contributed by atoms with Gasteiger partial charge in [-0.25, -0.2) is 26.8 Å². The summed E-state index contributed by atoms with van der Waals surface area (Å²) in [6.07, 6.45) is 1.42. The second-order valence-corrected chi connectivity index (χ2v) is 19.9. The van der Waals surface area contributed by atoms with Gasteiger partial charge in [0.05, 0.1) is 38.2 Å². The highest BCUT2D eigenvalue weighted by Crippen LogP contribution is 2.26. The molecule has 8 rings (SSSR count). The van der Waals surface area contributed by atoms with Crippen molar-refractivity contribution in [3.8, 4) is 23.0 Å². The van der Waals surface area contributed by atoms with E-state index in [1.807, 2.05) is 36.4 Å². The highest BCUT2D eigenvalue weighted by atomic mass is 35.7. The van der Waals surface area contributed by atoms with Crippen molar-refractivity contribution < 1.29 is 35.8 Å². The highest BCUT2D eigenvalue weighted by molar-refractivity contribution is 8.13. The summed E-state index contributed by atoms with van der Waals surface area (Å²) < 4.78 is 78.1. The van der Waals surface area contributed by atoms with Gasteiger partial charge >= 0.3 is 0 Å². The molecule has 0 spiro atoms. The molecule has 0 saturated carbocycles. The molecule has 4 aromatic carbocycles. The summed E-state index contributed by atoms with van der Waals surface area (Å²) in [5.41, 5.74) is 2.32. The number of methoxy groups -OCH3 is 4. The number of benzene rings is 4. The molecule has 0 atom stereocenters. The number of halogens is 1. The van der Waals surface area contributed by atoms with Crippen molar-refractivity contribution in [2.75, 3.05) is 90.6 Å². The Bertz CT molecular complexity index is 2550. The monoisotopic (exact) mass is 956 g/mol. The Balaban J connectivity index is 0.000000176. The van der Waals surface area contributed by atoms with Crippen molar-refractivity contribution >= 4 is 63.1 Å². The first-order valence-corrected chi connectivity index (χ1v) is 25.0. The molecule has 16 nitrogen and oxygen atoms in total. The molecule has 0 amide bonds. The van der Waals surface area contributed by atoms with Gasteiger partial charge in [0.15, 0.2) is 0 Å². The van der Waals surface area contributed by atoms with Crippen LogP contribution in [0.25, 0.3) is 0 Å². The van der Waals surface area contributed by atoms with E-state index >= 15 is 0 Å². The first-order valence-electron chi connectivity index (χ1n) is 19.7. The molecular formula is C42H49ClN8O8S4. The Morgan fingerprint density at radius 1 is 0.540 bits per heavy atom. The Labute approximate surface area is 381 Å². The molecule has 1 N–H and O–H groups in total. The van der Waals surface area contributed by atoms with Crippen molar-refractivity contribution in [2.24, 2.45) is 0 Å². The zero-order valence-electron chi connectivity index (χ0n) is 35.2. The minimum absolute atomic E-state index is 0.0740. The van der Waals surface area contributed by atoms with Gasteiger partial charge in [0.25, 0.3) is 9.05 Å². The number of anilines is 2. The van der Waals surface area contributed by atoms with Crippen LogP contribution in [-0.2, 0) is 31.9 Å². The molecule has 4 heterocycles. The van der Waals surface area contributed by atoms with Crippen LogP contribution in [0.3, 0.4) is 0 Å². The lowest BCUT2D eigenvalue weighted by Crippen LogP contribution is -2.48. The molecular weight excluding hydrogens is 908 g/mol. The van der Waals surface area contributed by atoms with E-state index in [0.29, 0.717) is 44.1 Å². The molecule has 2 saturated heterocycles. The smallest absolute Gasteiger partial charge is 0.261 e. The number of sulfonamides is 1. The minimum Gasteiger partial charge on any atom is -0.497 e. The number of rotatable bonds is 13. The first-order chi connectivity index (χ1) is 30.4. The summed E-state index contributed by atoms with van der Waals surface area (Å²) in [5.74, 6) is 4.58. The predicted molar refractivity (Wildman–Crippen MR) is 246 cm³/mol. The molecule has 0 unspecified atom stereocenters. The first kappa shape index (κ1) is 47.4. The summed E-state index contributed by atoms with van der Waals surface area (Å²) in [4.78, 5) is 14.0. The van der Waals surface area contributed by atoms with E-state index in [1.165, 1.54) is 64.3 Å². The van der Waals surface area contributed by atoms with Crippen molar-refractivity contribution in [1.82, 2.24) is 28.3 Å². The summed E-state index contributed by atoms with van der Waals surface area (Å²) in [6, 6.07) is 28.2. The van der Waals surface area contributed by atoms with Crippen LogP contribution in [0.5, 0.6) is 23.0 Å². The average Bonchev–Trinajstić information content (AvgIpc) is 4.00. The Hall–Kier alpha value is -5.09. The third-order valence-corrected chi connectivity index (χ3v) is 14.8. The van der Waals surface area contributed by atoms with E-state index < -0.39 is 19.1 Å². The van der Waals surface area contributed by atoms with Gasteiger partial charge in [-0.05, 0) is 83.9 Å². The van der Waals surface area contributed by atoms with E-state index in [1.54, 1.807) is 45.6 Å². The van der Waals surface area contributed by atoms with Crippen molar-refractivity contribution in [2.45, 2.75) is 22.6 Å². The summed E-state index contributed by atoms with van der Waals surface area (Å²) in [6.45, 7) is 6.03. The van der Waals surface area contributed by atoms with Gasteiger partial charge in [-0.15, -0.1) is 0 Å². The van der Waals surface area contributed by atoms with E-state index in [2.05, 4.69) is 46.0 Å². The lowest BCUT2D eigenvalue weighted by Gasteiger charge is -2.33. The number of nitrogens with one attached hydrogen (secondary N) is 1. The quantitative estimate of drug-likeness (QED) is 0.137. The third-order valence-electron chi connectivity index (χ3n) is 9.89. The SMILES string of the molecule is COc1ccc(Cc2nsc(N3CCN(S(=O)(=O)c4ccc(OC)cc4)CC3)n2)cc1.COc1ccc(Cc2nsc(N3CCNCC3)n2)cc1.COc1ccc(S(=O)(=O)Cl)cc1. The van der Waals surface area contributed by atoms with E-state index in [-0.39, 0.29) is 9.79 Å². The third kappa shape index (κ3) is 13.5. The Morgan fingerprint density at radius 3 is 1.29 bits per heavy atom. The van der Waals surface area contributed by atoms with Crippen molar-refractivity contribution in [3.05, 3.63) is 120 Å². The van der Waals surface area contributed by atoms with Crippen LogP contribution in [0, 0.1) is 0 Å². The molecule has 0 bridgehead atoms. The predicted octanol–water partition coefficient (Wildman–Crippen LogP) is 5.83. The van der Waals surface area contributed by atoms with E-state index in [4.69, 9.17) is 29.6 Å². The normalized spacial score (nSPS) is 14.4. The van der Waals surface area contributed by atoms with Gasteiger partial charge in [0, 0.05) is 98.9 Å². The largest absolute Gasteiger partial charge is 0.497 e. The maximum absolute atomic E-state index is 12.9. The maximum Gasteiger partial charge on any atom is 0.261 e. The number of ether oxygens (including phenoxy) is 4. The minimum atomic E-state index is -3.61. The molecule has 6 aromatic rings. The number of piperazine rings is 2. The van der Waals surface area contributed by atoms with Crippen LogP contribution in [0.2, 0.25) is 0 Å². The zero-order chi connectivity index (χ0) is 44.8. The second kappa shape index (κ2) is 22.5. The van der Waals surface area contributed by atoms with Gasteiger partial charge in [0.2, 0.25) is 20.3 Å². The fraction of sp³-hybridized carbons (Fsp3) is 0.333. The average molecular weight is 958 g/mol. The van der Waals surface area contributed by atoms with Crippen LogP contribution in [0.1, 0.15) is 22.8 Å². The summed E-state index contributed by atoms with van der Waals surface area (Å²) in [7, 11) is 4.33. The second-order valence-electron chi connectivity index (χ2n) is 14.0. The Kier molecular flexibility index (Phi) is 16.9. The van der Waals surface area contributed by atoms with Gasteiger partial charge in [0.1, 0.15) is 34.6 Å². The van der Waals surface area contributed by atoms with E-state index in [0.717, 1.165) is 71.6 Å². The van der Waals surface area contributed by atoms with E-state index in [9.17, 15) is 16.8 Å². The van der Waals surface area contributed by atoms with Gasteiger partial charge in [-0.2, -0.15) is 13.1 Å². The van der Waals surface area contributed by atoms with Gasteiger partial charge in [-0.1, -0.05) is 24.3 Å². The topological polar surface area (TPSA) is 179 Å². The standard InChI is InChI=1S/C21H24N4O4S2.C14H18N4OS.C7H7ClO3S/c1-28-17-5-3-16(4-6-17)15-20-22-21(30-23-20)24-11-13-25(14-12-24)31(26,27)19-9-7-18(29-2)8-10-19;1-19-12-4-2-11(3-5-12)10-13-16-14(20-17-13)18-8-6-15-7-9-18;1-11-6-2-4-7(5-3-6)12(8,9)10/h3-10H,11-15H2,1-2H3;2-5,15H,6-10H2,1H3;2-5H,1H3. The van der Waals surface area contributed by atoms with Crippen molar-refractivity contribution in [3.63, 3.8) is 0 Å². The molecule has 2 aromatic heterocycles. The molecule has 2 fully saturated rings. The number of hydrogen-bond donors (Lipinski definition) is 1. The lowest BCUT2D eigenvalue weighted by atomic mass is 10.1. The number of hydrogen-bond acceptors (Lipinski definition) is 17. The maximum atomic E-state index is 12.9. The van der Waals surface area contributed by atoms with Crippen LogP contribution in [0.4, 0.5) is 10.3 Å². The van der Waals surface area contributed by atoms with Crippen LogP contribution in [0.15, 0.2) is 107 Å². The molecule has 21 heteroatoms. The van der Waals surface area contributed by atoms with Crippen LogP contribution in [-0.4, -0.2) is 121 Å². The zero-order valence-corrected chi connectivity index (χ0v) is 39.2. The fourth-order valence-corrected chi connectivity index (χ4v) is 10.0. The molecule has 336 valence electrons. The molecule has 0 radical (unpaired) electrons. The van der Waals surface area contributed by atoms with Crippen LogP contribution >= 0.6 is 33.7 Å². The van der Waals surface area contributed by atoms with Gasteiger partial charge < -0.3 is 34.1 Å². The number of aromatic nitrogens is 4. The molecule has 0 aliphatic carbocycles. The summed E-state index contributed by atoms with van der Waals surface area (Å²) >= 11 is 2.85. The van der Waals surface area contributed by atoms with Crippen LogP contribution < -0.4 is 34.1 Å². The molecule has 2 aliphatic heterocycles.